The second-order valence-corrected chi connectivity index (χ2v) is 5.92. The van der Waals surface area contributed by atoms with Crippen molar-refractivity contribution in [2.45, 2.75) is 6.54 Å². The first-order valence-electron chi connectivity index (χ1n) is 5.74. The van der Waals surface area contributed by atoms with Crippen LogP contribution in [0.15, 0.2) is 45.3 Å². The molecular formula is C14H11Br2FN2O. The molecule has 2 aromatic rings. The number of carbonyl (C=O) groups excluding carboxylic acids is 1. The predicted octanol–water partition coefficient (Wildman–Crippen LogP) is 4.06. The monoisotopic (exact) mass is 400 g/mol. The molecule has 20 heavy (non-hydrogen) atoms. The molecule has 0 aromatic heterocycles. The second-order valence-electron chi connectivity index (χ2n) is 4.15. The third-order valence-corrected chi connectivity index (χ3v) is 3.92. The molecule has 104 valence electrons. The van der Waals surface area contributed by atoms with Gasteiger partial charge in [-0.25, -0.2) is 4.39 Å². The zero-order chi connectivity index (χ0) is 14.7. The summed E-state index contributed by atoms with van der Waals surface area (Å²) < 4.78 is 15.6. The molecule has 0 aliphatic heterocycles. The van der Waals surface area contributed by atoms with Crippen molar-refractivity contribution >= 4 is 43.5 Å². The van der Waals surface area contributed by atoms with E-state index < -0.39 is 11.7 Å². The van der Waals surface area contributed by atoms with Gasteiger partial charge in [-0.2, -0.15) is 0 Å². The summed E-state index contributed by atoms with van der Waals surface area (Å²) >= 11 is 6.79. The highest BCUT2D eigenvalue weighted by Crippen LogP contribution is 2.26. The lowest BCUT2D eigenvalue weighted by atomic mass is 10.1. The zero-order valence-electron chi connectivity index (χ0n) is 10.3. The van der Waals surface area contributed by atoms with Crippen molar-refractivity contribution in [2.75, 3.05) is 5.32 Å². The molecule has 0 spiro atoms. The van der Waals surface area contributed by atoms with Gasteiger partial charge in [0.25, 0.3) is 0 Å². The summed E-state index contributed by atoms with van der Waals surface area (Å²) in [5.74, 6) is -1.10. The molecule has 0 unspecified atom stereocenters. The quantitative estimate of drug-likeness (QED) is 0.811. The van der Waals surface area contributed by atoms with Crippen molar-refractivity contribution in [2.24, 2.45) is 5.73 Å². The van der Waals surface area contributed by atoms with E-state index in [2.05, 4.69) is 37.2 Å². The number of primary amides is 1. The fourth-order valence-electron chi connectivity index (χ4n) is 1.67. The summed E-state index contributed by atoms with van der Waals surface area (Å²) in [4.78, 5) is 11.0. The Morgan fingerprint density at radius 2 is 1.95 bits per heavy atom. The fraction of sp³-hybridized carbons (Fsp3) is 0.0714. The molecule has 0 bridgehead atoms. The Kier molecular flexibility index (Phi) is 4.77. The Labute approximate surface area is 132 Å². The molecule has 1 amide bonds. The van der Waals surface area contributed by atoms with Crippen LogP contribution in [0.1, 0.15) is 15.9 Å². The number of hydrogen-bond donors (Lipinski definition) is 2. The third kappa shape index (κ3) is 3.58. The molecular weight excluding hydrogens is 391 g/mol. The fourth-order valence-corrected chi connectivity index (χ4v) is 2.42. The molecule has 2 aromatic carbocycles. The smallest absolute Gasteiger partial charge is 0.248 e. The lowest BCUT2D eigenvalue weighted by Crippen LogP contribution is -2.12. The maximum Gasteiger partial charge on any atom is 0.248 e. The van der Waals surface area contributed by atoms with Gasteiger partial charge in [-0.15, -0.1) is 0 Å². The molecule has 0 aliphatic rings. The molecule has 0 atom stereocenters. The van der Waals surface area contributed by atoms with Gasteiger partial charge in [-0.05, 0) is 46.3 Å². The SMILES string of the molecule is NC(=O)c1ccc(CNc2cc(Br)ccc2Br)c(F)c1. The number of hydrogen-bond acceptors (Lipinski definition) is 2. The molecule has 2 rings (SSSR count). The Bertz CT molecular complexity index is 662. The number of halogens is 3. The van der Waals surface area contributed by atoms with Crippen molar-refractivity contribution in [3.8, 4) is 0 Å². The van der Waals surface area contributed by atoms with Crippen LogP contribution in [-0.2, 0) is 6.54 Å². The maximum absolute atomic E-state index is 13.8. The summed E-state index contributed by atoms with van der Waals surface area (Å²) in [5, 5.41) is 3.13. The van der Waals surface area contributed by atoms with Crippen molar-refractivity contribution in [1.29, 1.82) is 0 Å². The molecule has 0 saturated heterocycles. The summed E-state index contributed by atoms with van der Waals surface area (Å²) in [6, 6.07) is 9.89. The molecule has 0 radical (unpaired) electrons. The average Bonchev–Trinajstić information content (AvgIpc) is 2.40. The number of carbonyl (C=O) groups is 1. The lowest BCUT2D eigenvalue weighted by Gasteiger charge is -2.10. The van der Waals surface area contributed by atoms with Crippen LogP contribution in [0.4, 0.5) is 10.1 Å². The topological polar surface area (TPSA) is 55.1 Å². The average molecular weight is 402 g/mol. The normalized spacial score (nSPS) is 10.3. The van der Waals surface area contributed by atoms with Gasteiger partial charge in [0, 0.05) is 32.3 Å². The number of benzene rings is 2. The Morgan fingerprint density at radius 3 is 2.60 bits per heavy atom. The first kappa shape index (κ1) is 15.0. The molecule has 3 nitrogen and oxygen atoms in total. The molecule has 6 heteroatoms. The van der Waals surface area contributed by atoms with Crippen molar-refractivity contribution in [3.05, 3.63) is 62.3 Å². The van der Waals surface area contributed by atoms with E-state index in [1.54, 1.807) is 6.07 Å². The van der Waals surface area contributed by atoms with Crippen LogP contribution in [0.3, 0.4) is 0 Å². The molecule has 0 fully saturated rings. The Morgan fingerprint density at radius 1 is 1.20 bits per heavy atom. The van der Waals surface area contributed by atoms with E-state index in [1.165, 1.54) is 6.07 Å². The van der Waals surface area contributed by atoms with Crippen LogP contribution in [-0.4, -0.2) is 5.91 Å². The molecule has 0 aliphatic carbocycles. The lowest BCUT2D eigenvalue weighted by molar-refractivity contribution is 0.1000. The summed E-state index contributed by atoms with van der Waals surface area (Å²) in [5.41, 5.74) is 6.57. The van der Waals surface area contributed by atoms with Gasteiger partial charge in [-0.1, -0.05) is 22.0 Å². The van der Waals surface area contributed by atoms with Gasteiger partial charge in [0.1, 0.15) is 5.82 Å². The highest BCUT2D eigenvalue weighted by Gasteiger charge is 2.08. The number of nitrogens with one attached hydrogen (secondary N) is 1. The largest absolute Gasteiger partial charge is 0.380 e. The van der Waals surface area contributed by atoms with Gasteiger partial charge < -0.3 is 11.1 Å². The minimum atomic E-state index is -0.641. The van der Waals surface area contributed by atoms with Gasteiger partial charge in [0.15, 0.2) is 0 Å². The van der Waals surface area contributed by atoms with Gasteiger partial charge in [0.2, 0.25) is 5.91 Å². The van der Waals surface area contributed by atoms with E-state index in [4.69, 9.17) is 5.73 Å². The van der Waals surface area contributed by atoms with Crippen LogP contribution in [0.5, 0.6) is 0 Å². The van der Waals surface area contributed by atoms with Crippen LogP contribution < -0.4 is 11.1 Å². The summed E-state index contributed by atoms with van der Waals surface area (Å²) in [7, 11) is 0. The second kappa shape index (κ2) is 6.37. The first-order valence-corrected chi connectivity index (χ1v) is 7.33. The van der Waals surface area contributed by atoms with Gasteiger partial charge in [-0.3, -0.25) is 4.79 Å². The number of rotatable bonds is 4. The Balaban J connectivity index is 2.15. The van der Waals surface area contributed by atoms with E-state index in [0.717, 1.165) is 20.7 Å². The van der Waals surface area contributed by atoms with Crippen molar-refractivity contribution in [3.63, 3.8) is 0 Å². The van der Waals surface area contributed by atoms with Crippen molar-refractivity contribution in [1.82, 2.24) is 0 Å². The number of anilines is 1. The Hall–Kier alpha value is -1.40. The van der Waals surface area contributed by atoms with Crippen molar-refractivity contribution < 1.29 is 9.18 Å². The number of nitrogens with two attached hydrogens (primary N) is 1. The molecule has 3 N–H and O–H groups in total. The van der Waals surface area contributed by atoms with Crippen LogP contribution >= 0.6 is 31.9 Å². The maximum atomic E-state index is 13.8. The van der Waals surface area contributed by atoms with E-state index in [1.807, 2.05) is 18.2 Å². The van der Waals surface area contributed by atoms with E-state index in [-0.39, 0.29) is 5.56 Å². The standard InChI is InChI=1S/C14H11Br2FN2O/c15-10-3-4-11(16)13(6-10)19-7-9-2-1-8(14(18)20)5-12(9)17/h1-6,19H,7H2,(H2,18,20). The highest BCUT2D eigenvalue weighted by atomic mass is 79.9. The van der Waals surface area contributed by atoms with Crippen LogP contribution in [0.2, 0.25) is 0 Å². The van der Waals surface area contributed by atoms with Gasteiger partial charge in [0.05, 0.1) is 0 Å². The minimum absolute atomic E-state index is 0.162. The predicted molar refractivity (Wildman–Crippen MR) is 84.1 cm³/mol. The summed E-state index contributed by atoms with van der Waals surface area (Å²) in [6.07, 6.45) is 0. The van der Waals surface area contributed by atoms with Crippen LogP contribution in [0.25, 0.3) is 0 Å². The number of amides is 1. The minimum Gasteiger partial charge on any atom is -0.380 e. The first-order chi connectivity index (χ1) is 9.47. The summed E-state index contributed by atoms with van der Waals surface area (Å²) in [6.45, 7) is 0.305. The third-order valence-electron chi connectivity index (χ3n) is 2.74. The van der Waals surface area contributed by atoms with Gasteiger partial charge >= 0.3 is 0 Å². The van der Waals surface area contributed by atoms with E-state index >= 15 is 0 Å². The van der Waals surface area contributed by atoms with E-state index in [0.29, 0.717) is 12.1 Å². The highest BCUT2D eigenvalue weighted by molar-refractivity contribution is 9.11. The zero-order valence-corrected chi connectivity index (χ0v) is 13.5. The van der Waals surface area contributed by atoms with E-state index in [9.17, 15) is 9.18 Å². The molecule has 0 saturated carbocycles. The molecule has 0 heterocycles. The van der Waals surface area contributed by atoms with Crippen LogP contribution in [0, 0.1) is 5.82 Å².